The van der Waals surface area contributed by atoms with Crippen LogP contribution < -0.4 is 9.46 Å². The van der Waals surface area contributed by atoms with Crippen LogP contribution in [0.1, 0.15) is 26.5 Å². The van der Waals surface area contributed by atoms with Crippen molar-refractivity contribution in [3.05, 3.63) is 42.7 Å². The van der Waals surface area contributed by atoms with Crippen LogP contribution in [0, 0.1) is 0 Å². The van der Waals surface area contributed by atoms with Gasteiger partial charge < -0.3 is 4.74 Å². The average Bonchev–Trinajstić information content (AvgIpc) is 2.55. The maximum absolute atomic E-state index is 12.5. The summed E-state index contributed by atoms with van der Waals surface area (Å²) in [4.78, 5) is 12.2. The average molecular weight is 336 g/mol. The van der Waals surface area contributed by atoms with Crippen LogP contribution in [0.3, 0.4) is 0 Å². The van der Waals surface area contributed by atoms with Gasteiger partial charge in [0.2, 0.25) is 10.0 Å². The first-order valence-corrected chi connectivity index (χ1v) is 8.68. The van der Waals surface area contributed by atoms with E-state index >= 15 is 0 Å². The standard InChI is InChI=1S/C15H20N4O3S/c1-4-22-12-5-6-16-9-13(12)23(20,21)19-11-15(2,3)14-10-17-7-8-18-14/h5-10,19H,4,11H2,1-3H3. The molecule has 1 N–H and O–H groups in total. The molecule has 0 bridgehead atoms. The molecule has 2 rings (SSSR count). The first-order valence-electron chi connectivity index (χ1n) is 7.20. The Morgan fingerprint density at radius 2 is 1.91 bits per heavy atom. The molecule has 0 amide bonds. The number of pyridine rings is 1. The summed E-state index contributed by atoms with van der Waals surface area (Å²) in [5, 5.41) is 0. The van der Waals surface area contributed by atoms with Crippen molar-refractivity contribution in [2.24, 2.45) is 0 Å². The summed E-state index contributed by atoms with van der Waals surface area (Å²) in [7, 11) is -3.74. The number of nitrogens with one attached hydrogen (secondary N) is 1. The zero-order valence-electron chi connectivity index (χ0n) is 13.4. The van der Waals surface area contributed by atoms with Crippen LogP contribution >= 0.6 is 0 Å². The highest BCUT2D eigenvalue weighted by atomic mass is 32.2. The Hall–Kier alpha value is -2.06. The quantitative estimate of drug-likeness (QED) is 0.824. The van der Waals surface area contributed by atoms with Crippen molar-refractivity contribution in [1.82, 2.24) is 19.7 Å². The van der Waals surface area contributed by atoms with Gasteiger partial charge >= 0.3 is 0 Å². The van der Waals surface area contributed by atoms with Crippen LogP contribution in [0.15, 0.2) is 41.9 Å². The van der Waals surface area contributed by atoms with E-state index in [1.54, 1.807) is 25.5 Å². The second-order valence-electron chi connectivity index (χ2n) is 5.55. The van der Waals surface area contributed by atoms with Gasteiger partial charge in [-0.25, -0.2) is 13.1 Å². The third kappa shape index (κ3) is 4.23. The fourth-order valence-corrected chi connectivity index (χ4v) is 3.23. The van der Waals surface area contributed by atoms with Gasteiger partial charge in [-0.15, -0.1) is 0 Å². The summed E-state index contributed by atoms with van der Waals surface area (Å²) in [5.74, 6) is 0.285. The van der Waals surface area contributed by atoms with E-state index < -0.39 is 15.4 Å². The third-order valence-electron chi connectivity index (χ3n) is 3.30. The summed E-state index contributed by atoms with van der Waals surface area (Å²) in [5.41, 5.74) is 0.203. The molecule has 0 aliphatic rings. The molecule has 2 aromatic rings. The smallest absolute Gasteiger partial charge is 0.245 e. The van der Waals surface area contributed by atoms with E-state index in [0.29, 0.717) is 12.3 Å². The lowest BCUT2D eigenvalue weighted by Crippen LogP contribution is -2.37. The maximum atomic E-state index is 12.5. The first-order chi connectivity index (χ1) is 10.9. The molecule has 0 aliphatic carbocycles. The summed E-state index contributed by atoms with van der Waals surface area (Å²) < 4.78 is 33.0. The molecule has 8 heteroatoms. The fourth-order valence-electron chi connectivity index (χ4n) is 1.94. The molecule has 0 radical (unpaired) electrons. The topological polar surface area (TPSA) is 94.1 Å². The van der Waals surface area contributed by atoms with Gasteiger partial charge in [0, 0.05) is 36.7 Å². The second-order valence-corrected chi connectivity index (χ2v) is 7.29. The normalized spacial score (nSPS) is 12.1. The maximum Gasteiger partial charge on any atom is 0.245 e. The van der Waals surface area contributed by atoms with Gasteiger partial charge in [-0.05, 0) is 13.0 Å². The Balaban J connectivity index is 2.19. The number of sulfonamides is 1. The number of ether oxygens (including phenoxy) is 1. The summed E-state index contributed by atoms with van der Waals surface area (Å²) >= 11 is 0. The van der Waals surface area contributed by atoms with Crippen molar-refractivity contribution in [2.45, 2.75) is 31.1 Å². The molecule has 0 saturated heterocycles. The van der Waals surface area contributed by atoms with Crippen molar-refractivity contribution < 1.29 is 13.2 Å². The Morgan fingerprint density at radius 1 is 1.17 bits per heavy atom. The van der Waals surface area contributed by atoms with Crippen molar-refractivity contribution in [3.63, 3.8) is 0 Å². The first kappa shape index (κ1) is 17.3. The van der Waals surface area contributed by atoms with Gasteiger partial charge in [0.05, 0.1) is 18.5 Å². The van der Waals surface area contributed by atoms with Crippen LogP contribution in [-0.2, 0) is 15.4 Å². The molecular formula is C15H20N4O3S. The van der Waals surface area contributed by atoms with Crippen LogP contribution in [-0.4, -0.2) is 36.5 Å². The molecule has 0 spiro atoms. The predicted molar refractivity (Wildman–Crippen MR) is 85.7 cm³/mol. The second kappa shape index (κ2) is 7.01. The van der Waals surface area contributed by atoms with E-state index in [9.17, 15) is 8.42 Å². The van der Waals surface area contributed by atoms with E-state index in [-0.39, 0.29) is 17.2 Å². The van der Waals surface area contributed by atoms with Crippen LogP contribution in [0.4, 0.5) is 0 Å². The number of hydrogen-bond donors (Lipinski definition) is 1. The molecule has 7 nitrogen and oxygen atoms in total. The SMILES string of the molecule is CCOc1ccncc1S(=O)(=O)NCC(C)(C)c1cnccn1. The monoisotopic (exact) mass is 336 g/mol. The Morgan fingerprint density at radius 3 is 2.57 bits per heavy atom. The lowest BCUT2D eigenvalue weighted by atomic mass is 9.90. The fraction of sp³-hybridized carbons (Fsp3) is 0.400. The molecule has 0 fully saturated rings. The zero-order valence-corrected chi connectivity index (χ0v) is 14.2. The van der Waals surface area contributed by atoms with Gasteiger partial charge in [0.15, 0.2) is 0 Å². The molecule has 23 heavy (non-hydrogen) atoms. The molecular weight excluding hydrogens is 316 g/mol. The third-order valence-corrected chi connectivity index (χ3v) is 4.71. The molecule has 0 atom stereocenters. The highest BCUT2D eigenvalue weighted by Crippen LogP contribution is 2.24. The number of hydrogen-bond acceptors (Lipinski definition) is 6. The van der Waals surface area contributed by atoms with Crippen LogP contribution in [0.25, 0.3) is 0 Å². The predicted octanol–water partition coefficient (Wildman–Crippen LogP) is 1.53. The van der Waals surface area contributed by atoms with Crippen molar-refractivity contribution in [1.29, 1.82) is 0 Å². The highest BCUT2D eigenvalue weighted by Gasteiger charge is 2.27. The summed E-state index contributed by atoms with van der Waals surface area (Å²) in [6, 6.07) is 1.53. The zero-order chi connectivity index (χ0) is 16.9. The van der Waals surface area contributed by atoms with Gasteiger partial charge in [-0.3, -0.25) is 15.0 Å². The van der Waals surface area contributed by atoms with E-state index in [2.05, 4.69) is 19.7 Å². The molecule has 2 aromatic heterocycles. The van der Waals surface area contributed by atoms with E-state index in [4.69, 9.17) is 4.74 Å². The van der Waals surface area contributed by atoms with Gasteiger partial charge in [-0.2, -0.15) is 0 Å². The molecule has 0 saturated carbocycles. The number of nitrogens with zero attached hydrogens (tertiary/aromatic N) is 3. The van der Waals surface area contributed by atoms with Gasteiger partial charge in [0.25, 0.3) is 0 Å². The molecule has 0 aliphatic heterocycles. The molecule has 0 aromatic carbocycles. The molecule has 0 unspecified atom stereocenters. The highest BCUT2D eigenvalue weighted by molar-refractivity contribution is 7.89. The van der Waals surface area contributed by atoms with Crippen molar-refractivity contribution in [3.8, 4) is 5.75 Å². The summed E-state index contributed by atoms with van der Waals surface area (Å²) in [6.07, 6.45) is 7.56. The Kier molecular flexibility index (Phi) is 5.27. The van der Waals surface area contributed by atoms with Crippen LogP contribution in [0.2, 0.25) is 0 Å². The van der Waals surface area contributed by atoms with E-state index in [1.165, 1.54) is 18.5 Å². The lowest BCUT2D eigenvalue weighted by molar-refractivity contribution is 0.330. The minimum Gasteiger partial charge on any atom is -0.492 e. The van der Waals surface area contributed by atoms with Crippen LogP contribution in [0.5, 0.6) is 5.75 Å². The lowest BCUT2D eigenvalue weighted by Gasteiger charge is -2.24. The van der Waals surface area contributed by atoms with Gasteiger partial charge in [0.1, 0.15) is 10.6 Å². The Labute approximate surface area is 136 Å². The van der Waals surface area contributed by atoms with Gasteiger partial charge in [-0.1, -0.05) is 13.8 Å². The van der Waals surface area contributed by atoms with E-state index in [1.807, 2.05) is 13.8 Å². The van der Waals surface area contributed by atoms with Crippen molar-refractivity contribution >= 4 is 10.0 Å². The largest absolute Gasteiger partial charge is 0.492 e. The molecule has 124 valence electrons. The minimum atomic E-state index is -3.74. The Bertz CT molecular complexity index is 748. The van der Waals surface area contributed by atoms with E-state index in [0.717, 1.165) is 0 Å². The van der Waals surface area contributed by atoms with Crippen molar-refractivity contribution in [2.75, 3.05) is 13.2 Å². The number of aromatic nitrogens is 3. The summed E-state index contributed by atoms with van der Waals surface area (Å²) in [6.45, 7) is 6.13. The minimum absolute atomic E-state index is 0.0248. The molecule has 2 heterocycles. The number of rotatable bonds is 7.